The van der Waals surface area contributed by atoms with Crippen molar-refractivity contribution in [2.24, 2.45) is 0 Å². The molecule has 112 valence electrons. The molecule has 21 heavy (non-hydrogen) atoms. The van der Waals surface area contributed by atoms with Crippen LogP contribution in [0.5, 0.6) is 0 Å². The highest BCUT2D eigenvalue weighted by Crippen LogP contribution is 2.32. The highest BCUT2D eigenvalue weighted by atomic mass is 79.9. The zero-order valence-corrected chi connectivity index (χ0v) is 12.2. The average Bonchev–Trinajstić information content (AvgIpc) is 2.41. The molecule has 0 N–H and O–H groups in total. The summed E-state index contributed by atoms with van der Waals surface area (Å²) in [4.78, 5) is -0.523. The van der Waals surface area contributed by atoms with Gasteiger partial charge in [-0.25, -0.2) is 8.78 Å². The second-order valence-electron chi connectivity index (χ2n) is 4.53. The van der Waals surface area contributed by atoms with E-state index >= 15 is 0 Å². The van der Waals surface area contributed by atoms with Gasteiger partial charge in [-0.2, -0.15) is 13.2 Å². The van der Waals surface area contributed by atoms with Crippen molar-refractivity contribution in [2.75, 3.05) is 0 Å². The summed E-state index contributed by atoms with van der Waals surface area (Å²) < 4.78 is 64.0. The van der Waals surface area contributed by atoms with E-state index in [1.54, 1.807) is 0 Å². The van der Waals surface area contributed by atoms with E-state index < -0.39 is 28.2 Å². The minimum Gasteiger partial charge on any atom is -0.207 e. The molecule has 0 spiro atoms. The van der Waals surface area contributed by atoms with Gasteiger partial charge in [-0.3, -0.25) is 0 Å². The molecule has 0 fully saturated rings. The van der Waals surface area contributed by atoms with Crippen LogP contribution in [0.2, 0.25) is 0 Å². The number of hydrogen-bond acceptors (Lipinski definition) is 0. The van der Waals surface area contributed by atoms with Crippen LogP contribution in [0.25, 0.3) is 0 Å². The lowest BCUT2D eigenvalue weighted by atomic mass is 10.0. The Balaban J connectivity index is 2.16. The number of halogens is 6. The maximum Gasteiger partial charge on any atom is 0.416 e. The molecule has 0 aliphatic rings. The van der Waals surface area contributed by atoms with Crippen molar-refractivity contribution in [3.05, 3.63) is 70.8 Å². The third-order valence-electron chi connectivity index (χ3n) is 2.99. The zero-order chi connectivity index (χ0) is 15.6. The van der Waals surface area contributed by atoms with E-state index in [0.717, 1.165) is 30.3 Å². The van der Waals surface area contributed by atoms with E-state index in [9.17, 15) is 22.0 Å². The van der Waals surface area contributed by atoms with E-state index in [-0.39, 0.29) is 12.0 Å². The molecule has 0 saturated carbocycles. The van der Waals surface area contributed by atoms with Crippen molar-refractivity contribution in [1.29, 1.82) is 0 Å². The molecule has 0 aliphatic carbocycles. The molecule has 1 atom stereocenters. The summed E-state index contributed by atoms with van der Waals surface area (Å²) in [6.45, 7) is 0. The molecular formula is C15H10BrF5. The van der Waals surface area contributed by atoms with Gasteiger partial charge in [0.15, 0.2) is 0 Å². The Morgan fingerprint density at radius 2 is 1.57 bits per heavy atom. The van der Waals surface area contributed by atoms with Gasteiger partial charge in [0, 0.05) is 10.4 Å². The minimum absolute atomic E-state index is 0.134. The Bertz CT molecular complexity index is 619. The van der Waals surface area contributed by atoms with Gasteiger partial charge in [0.25, 0.3) is 0 Å². The number of benzene rings is 2. The Hall–Kier alpha value is -1.43. The van der Waals surface area contributed by atoms with Gasteiger partial charge < -0.3 is 0 Å². The quantitative estimate of drug-likeness (QED) is 0.486. The Labute approximate surface area is 126 Å². The maximum atomic E-state index is 13.6. The lowest BCUT2D eigenvalue weighted by Gasteiger charge is -2.12. The molecule has 6 heteroatoms. The monoisotopic (exact) mass is 364 g/mol. The molecule has 1 unspecified atom stereocenters. The summed E-state index contributed by atoms with van der Waals surface area (Å²) >= 11 is 3.24. The highest BCUT2D eigenvalue weighted by Gasteiger charge is 2.30. The first-order valence-electron chi connectivity index (χ1n) is 6.02. The van der Waals surface area contributed by atoms with Gasteiger partial charge in [0.05, 0.1) is 5.56 Å². The third kappa shape index (κ3) is 4.03. The molecule has 0 heterocycles. The van der Waals surface area contributed by atoms with Crippen LogP contribution in [-0.2, 0) is 12.6 Å². The fraction of sp³-hybridized carbons (Fsp3) is 0.200. The summed E-state index contributed by atoms with van der Waals surface area (Å²) in [5.41, 5.74) is -0.0160. The molecule has 0 bridgehead atoms. The molecule has 2 aromatic carbocycles. The van der Waals surface area contributed by atoms with Crippen LogP contribution < -0.4 is 0 Å². The van der Waals surface area contributed by atoms with Crippen molar-refractivity contribution in [3.63, 3.8) is 0 Å². The SMILES string of the molecule is Fc1ccc(F)c(C(Br)Cc2ccc(C(F)(F)F)cc2)c1. The fourth-order valence-electron chi connectivity index (χ4n) is 1.90. The first kappa shape index (κ1) is 15.9. The standard InChI is InChI=1S/C15H10BrF5/c16-13(12-8-11(17)5-6-14(12)18)7-9-1-3-10(4-2-9)15(19,20)21/h1-6,8,13H,7H2. The smallest absolute Gasteiger partial charge is 0.207 e. The van der Waals surface area contributed by atoms with Crippen molar-refractivity contribution >= 4 is 15.9 Å². The Morgan fingerprint density at radius 1 is 0.952 bits per heavy atom. The minimum atomic E-state index is -4.39. The second-order valence-corrected chi connectivity index (χ2v) is 5.64. The molecule has 0 amide bonds. The normalized spacial score (nSPS) is 13.2. The van der Waals surface area contributed by atoms with Crippen LogP contribution in [0.4, 0.5) is 22.0 Å². The molecule has 0 aromatic heterocycles. The lowest BCUT2D eigenvalue weighted by molar-refractivity contribution is -0.137. The van der Waals surface area contributed by atoms with Crippen LogP contribution in [0, 0.1) is 11.6 Å². The summed E-state index contributed by atoms with van der Waals surface area (Å²) in [7, 11) is 0. The van der Waals surface area contributed by atoms with Gasteiger partial charge in [-0.15, -0.1) is 0 Å². The number of alkyl halides is 4. The highest BCUT2D eigenvalue weighted by molar-refractivity contribution is 9.09. The summed E-state index contributed by atoms with van der Waals surface area (Å²) in [5, 5.41) is 0. The average molecular weight is 365 g/mol. The van der Waals surface area contributed by atoms with Crippen LogP contribution in [0.1, 0.15) is 21.5 Å². The first-order valence-corrected chi connectivity index (χ1v) is 6.94. The van der Waals surface area contributed by atoms with Crippen molar-refractivity contribution in [1.82, 2.24) is 0 Å². The molecule has 0 aliphatic heterocycles. The molecule has 0 nitrogen and oxygen atoms in total. The van der Waals surface area contributed by atoms with Crippen LogP contribution in [-0.4, -0.2) is 0 Å². The van der Waals surface area contributed by atoms with E-state index in [1.165, 1.54) is 12.1 Å². The van der Waals surface area contributed by atoms with Crippen LogP contribution in [0.15, 0.2) is 42.5 Å². The topological polar surface area (TPSA) is 0 Å². The van der Waals surface area contributed by atoms with E-state index in [2.05, 4.69) is 15.9 Å². The lowest BCUT2D eigenvalue weighted by Crippen LogP contribution is -2.05. The van der Waals surface area contributed by atoms with Crippen molar-refractivity contribution < 1.29 is 22.0 Å². The predicted molar refractivity (Wildman–Crippen MR) is 73.2 cm³/mol. The summed E-state index contributed by atoms with van der Waals surface area (Å²) in [6, 6.07) is 7.69. The maximum absolute atomic E-state index is 13.6. The predicted octanol–water partition coefficient (Wildman–Crippen LogP) is 5.66. The van der Waals surface area contributed by atoms with Crippen molar-refractivity contribution in [2.45, 2.75) is 17.4 Å². The van der Waals surface area contributed by atoms with Gasteiger partial charge >= 0.3 is 6.18 Å². The Morgan fingerprint density at radius 3 is 2.14 bits per heavy atom. The van der Waals surface area contributed by atoms with Gasteiger partial charge in [0.2, 0.25) is 0 Å². The fourth-order valence-corrected chi connectivity index (χ4v) is 2.63. The van der Waals surface area contributed by atoms with E-state index in [4.69, 9.17) is 0 Å². The van der Waals surface area contributed by atoms with Gasteiger partial charge in [-0.05, 0) is 42.3 Å². The van der Waals surface area contributed by atoms with Crippen molar-refractivity contribution in [3.8, 4) is 0 Å². The van der Waals surface area contributed by atoms with E-state index in [1.807, 2.05) is 0 Å². The first-order chi connectivity index (χ1) is 9.77. The number of rotatable bonds is 3. The van der Waals surface area contributed by atoms with Gasteiger partial charge in [-0.1, -0.05) is 28.1 Å². The molecule has 2 aromatic rings. The van der Waals surface area contributed by atoms with Gasteiger partial charge in [0.1, 0.15) is 11.6 Å². The Kier molecular flexibility index (Phi) is 4.66. The molecular weight excluding hydrogens is 355 g/mol. The largest absolute Gasteiger partial charge is 0.416 e. The molecule has 0 radical (unpaired) electrons. The third-order valence-corrected chi connectivity index (χ3v) is 3.81. The van der Waals surface area contributed by atoms with Crippen LogP contribution >= 0.6 is 15.9 Å². The zero-order valence-electron chi connectivity index (χ0n) is 10.6. The molecule has 0 saturated heterocycles. The van der Waals surface area contributed by atoms with E-state index in [0.29, 0.717) is 5.56 Å². The second kappa shape index (κ2) is 6.13. The summed E-state index contributed by atoms with van der Waals surface area (Å²) in [5.74, 6) is -1.13. The van der Waals surface area contributed by atoms with Crippen LogP contribution in [0.3, 0.4) is 0 Å². The molecule has 2 rings (SSSR count). The number of hydrogen-bond donors (Lipinski definition) is 0. The summed E-state index contributed by atoms with van der Waals surface area (Å²) in [6.07, 6.45) is -4.14.